The maximum Gasteiger partial charge on any atom is 0.193 e. The molecule has 0 saturated carbocycles. The van der Waals surface area contributed by atoms with Crippen molar-refractivity contribution < 1.29 is 19.1 Å². The summed E-state index contributed by atoms with van der Waals surface area (Å²) in [4.78, 5) is 38.1. The molecule has 0 bridgehead atoms. The molecule has 128 valence electrons. The van der Waals surface area contributed by atoms with Gasteiger partial charge >= 0.3 is 0 Å². The Morgan fingerprint density at radius 3 is 2.27 bits per heavy atom. The fraction of sp³-hybridized carbons (Fsp3) is 0.0500. The van der Waals surface area contributed by atoms with Gasteiger partial charge in [0.15, 0.2) is 23.1 Å². The second kappa shape index (κ2) is 6.07. The SMILES string of the molecule is NC1=C2C(=O)c3ccccc3C(=O)C2C(=O)C=C1Oc1ccc(Br)cc1. The van der Waals surface area contributed by atoms with Crippen LogP contribution in [0.3, 0.4) is 0 Å². The fourth-order valence-electron chi connectivity index (χ4n) is 3.15. The number of hydrogen-bond donors (Lipinski definition) is 1. The van der Waals surface area contributed by atoms with Crippen LogP contribution in [0.1, 0.15) is 20.7 Å². The quantitative estimate of drug-likeness (QED) is 0.769. The zero-order valence-electron chi connectivity index (χ0n) is 13.4. The lowest BCUT2D eigenvalue weighted by Gasteiger charge is -2.28. The molecule has 26 heavy (non-hydrogen) atoms. The van der Waals surface area contributed by atoms with Crippen LogP contribution >= 0.6 is 15.9 Å². The average Bonchev–Trinajstić information content (AvgIpc) is 2.64. The van der Waals surface area contributed by atoms with Crippen molar-refractivity contribution in [2.45, 2.75) is 0 Å². The van der Waals surface area contributed by atoms with Gasteiger partial charge in [0.2, 0.25) is 0 Å². The topological polar surface area (TPSA) is 86.5 Å². The molecule has 0 spiro atoms. The Morgan fingerprint density at radius 1 is 0.923 bits per heavy atom. The molecule has 0 aliphatic heterocycles. The minimum atomic E-state index is -1.20. The third-order valence-electron chi connectivity index (χ3n) is 4.39. The lowest BCUT2D eigenvalue weighted by atomic mass is 9.73. The highest BCUT2D eigenvalue weighted by Gasteiger charge is 2.44. The lowest BCUT2D eigenvalue weighted by molar-refractivity contribution is -0.116. The van der Waals surface area contributed by atoms with Crippen LogP contribution in [0.4, 0.5) is 0 Å². The number of halogens is 1. The van der Waals surface area contributed by atoms with E-state index in [4.69, 9.17) is 10.5 Å². The molecule has 6 heteroatoms. The molecule has 2 N–H and O–H groups in total. The minimum Gasteiger partial charge on any atom is -0.455 e. The van der Waals surface area contributed by atoms with Gasteiger partial charge in [-0.1, -0.05) is 40.2 Å². The van der Waals surface area contributed by atoms with Crippen molar-refractivity contribution in [3.63, 3.8) is 0 Å². The summed E-state index contributed by atoms with van der Waals surface area (Å²) in [5.74, 6) is -2.00. The molecule has 0 saturated heterocycles. The molecule has 0 amide bonds. The van der Waals surface area contributed by atoms with E-state index in [-0.39, 0.29) is 28.2 Å². The van der Waals surface area contributed by atoms with Crippen LogP contribution in [-0.4, -0.2) is 17.3 Å². The normalized spacial score (nSPS) is 19.0. The van der Waals surface area contributed by atoms with Crippen LogP contribution in [0, 0.1) is 5.92 Å². The molecule has 0 radical (unpaired) electrons. The fourth-order valence-corrected chi connectivity index (χ4v) is 3.41. The first kappa shape index (κ1) is 16.5. The van der Waals surface area contributed by atoms with Gasteiger partial charge in [-0.15, -0.1) is 0 Å². The Kier molecular flexibility index (Phi) is 3.85. The summed E-state index contributed by atoms with van der Waals surface area (Å²) in [5, 5.41) is 0. The van der Waals surface area contributed by atoms with Crippen molar-refractivity contribution in [1.29, 1.82) is 0 Å². The van der Waals surface area contributed by atoms with Gasteiger partial charge < -0.3 is 10.5 Å². The molecule has 1 atom stereocenters. The molecule has 2 aromatic rings. The third kappa shape index (κ3) is 2.50. The molecule has 2 aromatic carbocycles. The van der Waals surface area contributed by atoms with Gasteiger partial charge in [-0.2, -0.15) is 0 Å². The number of carbonyl (C=O) groups is 3. The zero-order valence-corrected chi connectivity index (χ0v) is 14.9. The summed E-state index contributed by atoms with van der Waals surface area (Å²) in [6.45, 7) is 0. The van der Waals surface area contributed by atoms with E-state index < -0.39 is 23.3 Å². The lowest BCUT2D eigenvalue weighted by Crippen LogP contribution is -2.39. The number of allylic oxidation sites excluding steroid dienone is 2. The predicted molar refractivity (Wildman–Crippen MR) is 97.7 cm³/mol. The van der Waals surface area contributed by atoms with Crippen LogP contribution in [-0.2, 0) is 4.79 Å². The standard InChI is InChI=1S/C20H12BrNO4/c21-10-5-7-11(8-6-10)26-15-9-14(23)16-17(18(15)22)20(25)13-4-2-1-3-12(13)19(16)24/h1-9,16H,22H2. The number of ether oxygens (including phenoxy) is 1. The maximum atomic E-state index is 12.9. The summed E-state index contributed by atoms with van der Waals surface area (Å²) in [5.41, 5.74) is 6.65. The highest BCUT2D eigenvalue weighted by Crippen LogP contribution is 2.36. The van der Waals surface area contributed by atoms with Crippen LogP contribution in [0.5, 0.6) is 5.75 Å². The van der Waals surface area contributed by atoms with Crippen LogP contribution in [0.15, 0.2) is 76.1 Å². The van der Waals surface area contributed by atoms with Crippen molar-refractivity contribution >= 4 is 33.3 Å². The van der Waals surface area contributed by atoms with Gasteiger partial charge in [0, 0.05) is 27.2 Å². The van der Waals surface area contributed by atoms with Crippen molar-refractivity contribution in [3.8, 4) is 5.75 Å². The first-order chi connectivity index (χ1) is 12.5. The Hall–Kier alpha value is -2.99. The Morgan fingerprint density at radius 2 is 1.58 bits per heavy atom. The Bertz CT molecular complexity index is 1030. The number of nitrogens with two attached hydrogens (primary N) is 1. The summed E-state index contributed by atoms with van der Waals surface area (Å²) in [7, 11) is 0. The van der Waals surface area contributed by atoms with E-state index >= 15 is 0 Å². The van der Waals surface area contributed by atoms with Crippen molar-refractivity contribution in [2.75, 3.05) is 0 Å². The summed E-state index contributed by atoms with van der Waals surface area (Å²) >= 11 is 3.33. The molecule has 2 aliphatic carbocycles. The number of hydrogen-bond acceptors (Lipinski definition) is 5. The van der Waals surface area contributed by atoms with E-state index in [0.29, 0.717) is 5.75 Å². The summed E-state index contributed by atoms with van der Waals surface area (Å²) in [6.07, 6.45) is 1.19. The molecule has 2 aliphatic rings. The first-order valence-corrected chi connectivity index (χ1v) is 8.63. The van der Waals surface area contributed by atoms with Gasteiger partial charge in [-0.3, -0.25) is 14.4 Å². The van der Waals surface area contributed by atoms with Crippen molar-refractivity contribution in [1.82, 2.24) is 0 Å². The predicted octanol–water partition coefficient (Wildman–Crippen LogP) is 3.20. The van der Waals surface area contributed by atoms with Gasteiger partial charge in [0.05, 0.1) is 5.70 Å². The summed E-state index contributed by atoms with van der Waals surface area (Å²) < 4.78 is 6.56. The first-order valence-electron chi connectivity index (χ1n) is 7.84. The number of rotatable bonds is 2. The second-order valence-electron chi connectivity index (χ2n) is 5.97. The average molecular weight is 410 g/mol. The van der Waals surface area contributed by atoms with E-state index in [1.165, 1.54) is 6.08 Å². The molecule has 5 nitrogen and oxygen atoms in total. The van der Waals surface area contributed by atoms with E-state index in [0.717, 1.165) is 4.47 Å². The largest absolute Gasteiger partial charge is 0.455 e. The molecule has 4 rings (SSSR count). The number of Topliss-reactive ketones (excluding diaryl/α,β-unsaturated/α-hetero) is 2. The van der Waals surface area contributed by atoms with Crippen LogP contribution in [0.2, 0.25) is 0 Å². The molecular formula is C20H12BrNO4. The van der Waals surface area contributed by atoms with Crippen LogP contribution in [0.25, 0.3) is 0 Å². The Balaban J connectivity index is 1.80. The molecule has 0 heterocycles. The van der Waals surface area contributed by atoms with Gasteiger partial charge in [0.1, 0.15) is 11.7 Å². The summed E-state index contributed by atoms with van der Waals surface area (Å²) in [6, 6.07) is 13.4. The highest BCUT2D eigenvalue weighted by molar-refractivity contribution is 9.10. The third-order valence-corrected chi connectivity index (χ3v) is 4.92. The number of ketones is 3. The minimum absolute atomic E-state index is 0.00619. The van der Waals surface area contributed by atoms with E-state index in [1.54, 1.807) is 48.5 Å². The Labute approximate surface area is 157 Å². The number of carbonyl (C=O) groups excluding carboxylic acids is 3. The van der Waals surface area contributed by atoms with Crippen LogP contribution < -0.4 is 10.5 Å². The molecule has 1 unspecified atom stereocenters. The number of benzene rings is 2. The highest BCUT2D eigenvalue weighted by atomic mass is 79.9. The molecule has 0 fully saturated rings. The maximum absolute atomic E-state index is 12.9. The molecule has 0 aromatic heterocycles. The molecular weight excluding hydrogens is 398 g/mol. The van der Waals surface area contributed by atoms with Gasteiger partial charge in [-0.05, 0) is 24.3 Å². The smallest absolute Gasteiger partial charge is 0.193 e. The van der Waals surface area contributed by atoms with Gasteiger partial charge in [0.25, 0.3) is 0 Å². The van der Waals surface area contributed by atoms with Crippen molar-refractivity contribution in [2.24, 2.45) is 11.7 Å². The van der Waals surface area contributed by atoms with E-state index in [9.17, 15) is 14.4 Å². The van der Waals surface area contributed by atoms with Crippen molar-refractivity contribution in [3.05, 3.63) is 87.2 Å². The van der Waals surface area contributed by atoms with Gasteiger partial charge in [-0.25, -0.2) is 0 Å². The zero-order chi connectivity index (χ0) is 18.4. The monoisotopic (exact) mass is 409 g/mol. The van der Waals surface area contributed by atoms with E-state index in [2.05, 4.69) is 15.9 Å². The van der Waals surface area contributed by atoms with E-state index in [1.807, 2.05) is 0 Å². The number of fused-ring (bicyclic) bond motifs is 2. The second-order valence-corrected chi connectivity index (χ2v) is 6.88.